The lowest BCUT2D eigenvalue weighted by molar-refractivity contribution is -0.141. The number of nitrogens with zero attached hydrogens (tertiary/aromatic N) is 1. The zero-order valence-electron chi connectivity index (χ0n) is 8.76. The minimum Gasteiger partial charge on any atom is -0.333 e. The van der Waals surface area contributed by atoms with Gasteiger partial charge in [-0.3, -0.25) is 4.79 Å². The fourth-order valence-corrected chi connectivity index (χ4v) is 1.97. The van der Waals surface area contributed by atoms with E-state index in [2.05, 4.69) is 33.0 Å². The maximum atomic E-state index is 11.5. The van der Waals surface area contributed by atoms with Crippen LogP contribution in [0, 0.1) is 0 Å². The van der Waals surface area contributed by atoms with Crippen molar-refractivity contribution in [2.45, 2.75) is 39.3 Å². The van der Waals surface area contributed by atoms with E-state index in [1.54, 1.807) is 0 Å². The van der Waals surface area contributed by atoms with Crippen molar-refractivity contribution >= 4 is 18.3 Å². The van der Waals surface area contributed by atoms with Crippen LogP contribution in [0.25, 0.3) is 0 Å². The van der Waals surface area contributed by atoms with Crippen LogP contribution in [0.2, 0.25) is 0 Å². The van der Waals surface area contributed by atoms with Crippen LogP contribution in [-0.4, -0.2) is 35.5 Å². The Morgan fingerprint density at radius 1 is 1.46 bits per heavy atom. The van der Waals surface area contributed by atoms with Gasteiger partial charge < -0.3 is 10.2 Å². The number of nitrogens with one attached hydrogen (secondary N) is 1. The van der Waals surface area contributed by atoms with E-state index in [0.717, 1.165) is 6.54 Å². The molecule has 0 aromatic rings. The summed E-state index contributed by atoms with van der Waals surface area (Å²) in [6, 6.07) is 0.301. The zero-order valence-corrected chi connectivity index (χ0v) is 9.57. The Hall–Kier alpha value is -0.280. The predicted octanol–water partition coefficient (Wildman–Crippen LogP) is 1.03. The monoisotopic (exact) mass is 206 g/mol. The molecule has 0 bridgehead atoms. The number of halogens is 1. The summed E-state index contributed by atoms with van der Waals surface area (Å²) in [6.07, 6.45) is 0. The molecule has 1 aliphatic rings. The Labute approximate surface area is 86.3 Å². The summed E-state index contributed by atoms with van der Waals surface area (Å²) in [6.45, 7) is 9.68. The molecule has 1 aliphatic heterocycles. The number of hydrogen-bond donors (Lipinski definition) is 1. The molecular formula is C9H19ClN2O. The third-order valence-electron chi connectivity index (χ3n) is 2.27. The molecule has 3 nitrogen and oxygen atoms in total. The maximum Gasteiger partial charge on any atom is 0.237 e. The summed E-state index contributed by atoms with van der Waals surface area (Å²) in [7, 11) is 0. The van der Waals surface area contributed by atoms with Gasteiger partial charge in [-0.25, -0.2) is 0 Å². The van der Waals surface area contributed by atoms with Crippen LogP contribution in [0.3, 0.4) is 0 Å². The highest BCUT2D eigenvalue weighted by atomic mass is 35.5. The molecule has 1 saturated heterocycles. The van der Waals surface area contributed by atoms with Crippen molar-refractivity contribution in [1.29, 1.82) is 0 Å². The van der Waals surface area contributed by atoms with E-state index in [1.807, 2.05) is 4.90 Å². The molecule has 1 N–H and O–H groups in total. The van der Waals surface area contributed by atoms with Gasteiger partial charge in [0.1, 0.15) is 0 Å². The van der Waals surface area contributed by atoms with Crippen LogP contribution in [0.5, 0.6) is 0 Å². The van der Waals surface area contributed by atoms with E-state index < -0.39 is 0 Å². The highest BCUT2D eigenvalue weighted by Crippen LogP contribution is 2.19. The smallest absolute Gasteiger partial charge is 0.237 e. The standard InChI is InChI=1S/C9H18N2O.ClH/c1-7(2)11-8(12)5-10-6-9(11,3)4;/h7,10H,5-6H2,1-4H3;1H. The highest BCUT2D eigenvalue weighted by molar-refractivity contribution is 5.85. The van der Waals surface area contributed by atoms with Crippen LogP contribution >= 0.6 is 12.4 Å². The number of carbonyl (C=O) groups is 1. The topological polar surface area (TPSA) is 32.3 Å². The van der Waals surface area contributed by atoms with Gasteiger partial charge in [0.05, 0.1) is 12.1 Å². The van der Waals surface area contributed by atoms with E-state index in [9.17, 15) is 4.79 Å². The van der Waals surface area contributed by atoms with Crippen LogP contribution in [0.4, 0.5) is 0 Å². The summed E-state index contributed by atoms with van der Waals surface area (Å²) in [5.41, 5.74) is -0.0382. The largest absolute Gasteiger partial charge is 0.333 e. The molecule has 0 unspecified atom stereocenters. The van der Waals surface area contributed by atoms with Gasteiger partial charge in [-0.05, 0) is 27.7 Å². The minimum absolute atomic E-state index is 0. The molecule has 1 heterocycles. The quantitative estimate of drug-likeness (QED) is 0.695. The molecule has 4 heteroatoms. The Balaban J connectivity index is 0.00000144. The van der Waals surface area contributed by atoms with Crippen molar-refractivity contribution in [2.24, 2.45) is 0 Å². The first kappa shape index (κ1) is 12.7. The van der Waals surface area contributed by atoms with Gasteiger partial charge in [-0.1, -0.05) is 0 Å². The highest BCUT2D eigenvalue weighted by Gasteiger charge is 2.35. The summed E-state index contributed by atoms with van der Waals surface area (Å²) < 4.78 is 0. The van der Waals surface area contributed by atoms with E-state index in [4.69, 9.17) is 0 Å². The molecule has 0 aromatic heterocycles. The van der Waals surface area contributed by atoms with Gasteiger partial charge in [0.2, 0.25) is 5.91 Å². The van der Waals surface area contributed by atoms with Gasteiger partial charge >= 0.3 is 0 Å². The Morgan fingerprint density at radius 3 is 2.31 bits per heavy atom. The van der Waals surface area contributed by atoms with Crippen LogP contribution in [-0.2, 0) is 4.79 Å². The molecule has 1 fully saturated rings. The van der Waals surface area contributed by atoms with Gasteiger partial charge in [0, 0.05) is 12.6 Å². The molecule has 1 amide bonds. The molecule has 0 spiro atoms. The number of carbonyl (C=O) groups excluding carboxylic acids is 1. The van der Waals surface area contributed by atoms with Crippen molar-refractivity contribution in [1.82, 2.24) is 10.2 Å². The van der Waals surface area contributed by atoms with E-state index in [1.165, 1.54) is 0 Å². The van der Waals surface area contributed by atoms with E-state index >= 15 is 0 Å². The number of hydrogen-bond acceptors (Lipinski definition) is 2. The normalized spacial score (nSPS) is 21.6. The molecule has 0 aromatic carbocycles. The SMILES string of the molecule is CC(C)N1C(=O)CNCC1(C)C.Cl. The summed E-state index contributed by atoms with van der Waals surface area (Å²) >= 11 is 0. The van der Waals surface area contributed by atoms with Crippen molar-refractivity contribution in [3.63, 3.8) is 0 Å². The van der Waals surface area contributed by atoms with Crippen molar-refractivity contribution in [2.75, 3.05) is 13.1 Å². The van der Waals surface area contributed by atoms with Gasteiger partial charge in [-0.2, -0.15) is 0 Å². The second kappa shape index (κ2) is 4.29. The summed E-state index contributed by atoms with van der Waals surface area (Å²) in [5, 5.41) is 3.12. The van der Waals surface area contributed by atoms with E-state index in [-0.39, 0.29) is 23.9 Å². The zero-order chi connectivity index (χ0) is 9.35. The predicted molar refractivity (Wildman–Crippen MR) is 56.2 cm³/mol. The van der Waals surface area contributed by atoms with Gasteiger partial charge in [-0.15, -0.1) is 12.4 Å². The first-order valence-corrected chi connectivity index (χ1v) is 4.48. The molecular weight excluding hydrogens is 188 g/mol. The lowest BCUT2D eigenvalue weighted by atomic mass is 9.98. The Kier molecular flexibility index (Phi) is 4.20. The molecule has 0 aliphatic carbocycles. The Bertz CT molecular complexity index is 192. The fraction of sp³-hybridized carbons (Fsp3) is 0.889. The molecule has 1 rings (SSSR count). The van der Waals surface area contributed by atoms with Crippen molar-refractivity contribution in [3.05, 3.63) is 0 Å². The second-order valence-electron chi connectivity index (χ2n) is 4.27. The molecule has 78 valence electrons. The fourth-order valence-electron chi connectivity index (χ4n) is 1.97. The molecule has 0 saturated carbocycles. The second-order valence-corrected chi connectivity index (χ2v) is 4.27. The maximum absolute atomic E-state index is 11.5. The summed E-state index contributed by atoms with van der Waals surface area (Å²) in [5.74, 6) is 0.209. The summed E-state index contributed by atoms with van der Waals surface area (Å²) in [4.78, 5) is 13.5. The van der Waals surface area contributed by atoms with E-state index in [0.29, 0.717) is 12.6 Å². The lowest BCUT2D eigenvalue weighted by Gasteiger charge is -2.45. The van der Waals surface area contributed by atoms with Crippen LogP contribution in [0.1, 0.15) is 27.7 Å². The van der Waals surface area contributed by atoms with Crippen molar-refractivity contribution in [3.8, 4) is 0 Å². The van der Waals surface area contributed by atoms with Gasteiger partial charge in [0.15, 0.2) is 0 Å². The number of amides is 1. The van der Waals surface area contributed by atoms with Crippen LogP contribution in [0.15, 0.2) is 0 Å². The molecule has 13 heavy (non-hydrogen) atoms. The third-order valence-corrected chi connectivity index (χ3v) is 2.27. The minimum atomic E-state index is -0.0382. The molecule has 0 radical (unpaired) electrons. The first-order valence-electron chi connectivity index (χ1n) is 4.48. The lowest BCUT2D eigenvalue weighted by Crippen LogP contribution is -2.62. The average Bonchev–Trinajstić information content (AvgIpc) is 1.82. The van der Waals surface area contributed by atoms with Crippen molar-refractivity contribution < 1.29 is 4.79 Å². The number of piperazine rings is 1. The average molecular weight is 207 g/mol. The van der Waals surface area contributed by atoms with Crippen LogP contribution < -0.4 is 5.32 Å². The third kappa shape index (κ3) is 2.58. The van der Waals surface area contributed by atoms with Gasteiger partial charge in [0.25, 0.3) is 0 Å². The Morgan fingerprint density at radius 2 is 2.00 bits per heavy atom. The number of rotatable bonds is 1. The first-order chi connectivity index (χ1) is 5.45. The molecule has 0 atom stereocenters.